The zero-order chi connectivity index (χ0) is 28.5. The third-order valence-electron chi connectivity index (χ3n) is 7.82. The number of hydrogen-bond acceptors (Lipinski definition) is 6. The smallest absolute Gasteiger partial charge is 0.410 e. The molecule has 3 fully saturated rings. The summed E-state index contributed by atoms with van der Waals surface area (Å²) in [7, 11) is 1.45. The van der Waals surface area contributed by atoms with E-state index < -0.39 is 29.4 Å². The monoisotopic (exact) mass is 574 g/mol. The van der Waals surface area contributed by atoms with E-state index in [-0.39, 0.29) is 45.8 Å². The molecule has 2 saturated heterocycles. The molecule has 3 aliphatic rings. The first-order valence-corrected chi connectivity index (χ1v) is 13.8. The Morgan fingerprint density at radius 3 is 2.30 bits per heavy atom. The van der Waals surface area contributed by atoms with Crippen molar-refractivity contribution in [3.63, 3.8) is 0 Å². The SMILES string of the molecule is COc1cc(Cl)c(C2CC2)c(-c2c(F)cc3c(N4CC5CC[C@@H](C4)N5C(=O)OC(C)(C)C)nc(F)nc3c2F)c1. The Hall–Kier alpha value is -3.27. The van der Waals surface area contributed by atoms with Crippen LogP contribution < -0.4 is 9.64 Å². The van der Waals surface area contributed by atoms with E-state index in [2.05, 4.69) is 9.97 Å². The lowest BCUT2D eigenvalue weighted by molar-refractivity contribution is 0.0122. The van der Waals surface area contributed by atoms with Gasteiger partial charge in [0.25, 0.3) is 0 Å². The molecular weight excluding hydrogens is 545 g/mol. The van der Waals surface area contributed by atoms with Crippen molar-refractivity contribution in [3.8, 4) is 16.9 Å². The van der Waals surface area contributed by atoms with Gasteiger partial charge in [-0.2, -0.15) is 14.4 Å². The molecule has 3 aromatic rings. The number of nitrogens with zero attached hydrogens (tertiary/aromatic N) is 4. The number of carbonyl (C=O) groups is 1. The molecular formula is C29H30ClF3N4O3. The van der Waals surface area contributed by atoms with Gasteiger partial charge in [-0.3, -0.25) is 4.90 Å². The van der Waals surface area contributed by atoms with Crippen molar-refractivity contribution in [1.29, 1.82) is 0 Å². The number of aromatic nitrogens is 2. The summed E-state index contributed by atoms with van der Waals surface area (Å²) in [6, 6.07) is 3.94. The number of benzene rings is 2. The van der Waals surface area contributed by atoms with Crippen molar-refractivity contribution >= 4 is 34.4 Å². The van der Waals surface area contributed by atoms with Gasteiger partial charge in [-0.05, 0) is 81.7 Å². The van der Waals surface area contributed by atoms with E-state index >= 15 is 8.78 Å². The van der Waals surface area contributed by atoms with Crippen LogP contribution in [-0.4, -0.2) is 58.8 Å². The fourth-order valence-electron chi connectivity index (χ4n) is 6.03. The van der Waals surface area contributed by atoms with Gasteiger partial charge in [-0.25, -0.2) is 13.6 Å². The van der Waals surface area contributed by atoms with Crippen LogP contribution in [0, 0.1) is 17.7 Å². The number of hydrogen-bond donors (Lipinski definition) is 0. The van der Waals surface area contributed by atoms with Crippen LogP contribution in [-0.2, 0) is 4.74 Å². The van der Waals surface area contributed by atoms with Gasteiger partial charge in [0.15, 0.2) is 5.82 Å². The van der Waals surface area contributed by atoms with Crippen LogP contribution >= 0.6 is 11.6 Å². The molecule has 0 N–H and O–H groups in total. The molecule has 1 amide bonds. The first-order valence-electron chi connectivity index (χ1n) is 13.4. The Bertz CT molecular complexity index is 1510. The average Bonchev–Trinajstić information content (AvgIpc) is 3.66. The third-order valence-corrected chi connectivity index (χ3v) is 8.13. The van der Waals surface area contributed by atoms with Crippen molar-refractivity contribution in [2.45, 2.75) is 70.1 Å². The van der Waals surface area contributed by atoms with Crippen molar-refractivity contribution in [2.24, 2.45) is 0 Å². The summed E-state index contributed by atoms with van der Waals surface area (Å²) in [4.78, 5) is 24.1. The van der Waals surface area contributed by atoms with Crippen LogP contribution in [0.25, 0.3) is 22.0 Å². The minimum atomic E-state index is -1.12. The van der Waals surface area contributed by atoms with E-state index in [9.17, 15) is 9.18 Å². The number of piperazine rings is 1. The van der Waals surface area contributed by atoms with Crippen LogP contribution in [0.3, 0.4) is 0 Å². The second-order valence-electron chi connectivity index (χ2n) is 11.8. The molecule has 1 saturated carbocycles. The predicted octanol–water partition coefficient (Wildman–Crippen LogP) is 6.84. The van der Waals surface area contributed by atoms with Crippen LogP contribution in [0.4, 0.5) is 23.8 Å². The topological polar surface area (TPSA) is 67.8 Å². The molecule has 7 nitrogen and oxygen atoms in total. The molecule has 0 spiro atoms. The fraction of sp³-hybridized carbons (Fsp3) is 0.483. The molecule has 2 bridgehead atoms. The number of ether oxygens (including phenoxy) is 2. The third kappa shape index (κ3) is 4.70. The Labute approximate surface area is 235 Å². The molecule has 3 heterocycles. The van der Waals surface area contributed by atoms with E-state index in [1.54, 1.807) is 21.9 Å². The molecule has 1 aromatic heterocycles. The molecule has 6 rings (SSSR count). The van der Waals surface area contributed by atoms with Crippen molar-refractivity contribution < 1.29 is 27.4 Å². The minimum absolute atomic E-state index is 0.0623. The summed E-state index contributed by atoms with van der Waals surface area (Å²) >= 11 is 6.52. The number of anilines is 1. The van der Waals surface area contributed by atoms with Crippen molar-refractivity contribution in [1.82, 2.24) is 14.9 Å². The zero-order valence-corrected chi connectivity index (χ0v) is 23.5. The fourth-order valence-corrected chi connectivity index (χ4v) is 6.40. The van der Waals surface area contributed by atoms with Crippen LogP contribution in [0.5, 0.6) is 5.75 Å². The number of carbonyl (C=O) groups excluding carboxylic acids is 1. The quantitative estimate of drug-likeness (QED) is 0.318. The molecule has 11 heteroatoms. The van der Waals surface area contributed by atoms with Gasteiger partial charge in [0.05, 0.1) is 24.8 Å². The largest absolute Gasteiger partial charge is 0.497 e. The van der Waals surface area contributed by atoms with Crippen molar-refractivity contribution in [3.05, 3.63) is 46.5 Å². The Kier molecular flexibility index (Phi) is 6.52. The first-order chi connectivity index (χ1) is 18.9. The van der Waals surface area contributed by atoms with Gasteiger partial charge in [0.2, 0.25) is 0 Å². The van der Waals surface area contributed by atoms with E-state index in [1.165, 1.54) is 7.11 Å². The molecule has 1 unspecified atom stereocenters. The van der Waals surface area contributed by atoms with Crippen LogP contribution in [0.15, 0.2) is 18.2 Å². The van der Waals surface area contributed by atoms with Gasteiger partial charge in [0, 0.05) is 23.5 Å². The normalized spacial score (nSPS) is 20.8. The summed E-state index contributed by atoms with van der Waals surface area (Å²) in [6.07, 6.45) is 1.66. The Morgan fingerprint density at radius 2 is 1.70 bits per heavy atom. The van der Waals surface area contributed by atoms with E-state index in [0.29, 0.717) is 29.4 Å². The lowest BCUT2D eigenvalue weighted by atomic mass is 9.94. The zero-order valence-electron chi connectivity index (χ0n) is 22.7. The second kappa shape index (κ2) is 9.68. The number of methoxy groups -OCH3 is 1. The maximum atomic E-state index is 16.2. The highest BCUT2D eigenvalue weighted by Gasteiger charge is 2.45. The number of halogens is 4. The average molecular weight is 575 g/mol. The molecule has 1 aliphatic carbocycles. The van der Waals surface area contributed by atoms with Gasteiger partial charge in [-0.15, -0.1) is 0 Å². The van der Waals surface area contributed by atoms with Crippen LogP contribution in [0.2, 0.25) is 5.02 Å². The molecule has 212 valence electrons. The van der Waals surface area contributed by atoms with E-state index in [0.717, 1.165) is 31.7 Å². The van der Waals surface area contributed by atoms with Crippen molar-refractivity contribution in [2.75, 3.05) is 25.1 Å². The summed E-state index contributed by atoms with van der Waals surface area (Å²) in [5.74, 6) is -1.28. The standard InChI is InChI=1S/C29H30ClF3N4O3/c1-29(2,3)40-28(38)37-15-7-8-16(37)13-36(12-15)26-19-11-21(31)23(24(32)25(19)34-27(33)35-26)18-9-17(39-4)10-20(30)22(18)14-5-6-14/h9-11,14-16H,5-8,12-13H2,1-4H3/t15-,16?/m0/s1. The maximum absolute atomic E-state index is 16.2. The van der Waals surface area contributed by atoms with Crippen LogP contribution in [0.1, 0.15) is 57.9 Å². The van der Waals surface area contributed by atoms with Gasteiger partial charge in [-0.1, -0.05) is 11.6 Å². The lowest BCUT2D eigenvalue weighted by Gasteiger charge is -2.42. The molecule has 0 radical (unpaired) electrons. The number of fused-ring (bicyclic) bond motifs is 3. The molecule has 2 aliphatic heterocycles. The summed E-state index contributed by atoms with van der Waals surface area (Å²) in [6.45, 7) is 6.07. The summed E-state index contributed by atoms with van der Waals surface area (Å²) in [5.41, 5.74) is -0.369. The summed E-state index contributed by atoms with van der Waals surface area (Å²) in [5, 5.41) is 0.427. The lowest BCUT2D eigenvalue weighted by Crippen LogP contribution is -2.57. The Balaban J connectivity index is 1.42. The first kappa shape index (κ1) is 26.9. The minimum Gasteiger partial charge on any atom is -0.497 e. The van der Waals surface area contributed by atoms with Gasteiger partial charge in [0.1, 0.15) is 28.5 Å². The highest BCUT2D eigenvalue weighted by atomic mass is 35.5. The number of amides is 1. The number of rotatable bonds is 4. The maximum Gasteiger partial charge on any atom is 0.410 e. The summed E-state index contributed by atoms with van der Waals surface area (Å²) < 4.78 is 57.8. The molecule has 40 heavy (non-hydrogen) atoms. The van der Waals surface area contributed by atoms with E-state index in [1.807, 2.05) is 20.8 Å². The van der Waals surface area contributed by atoms with E-state index in [4.69, 9.17) is 21.1 Å². The molecule has 2 atom stereocenters. The molecule has 2 aromatic carbocycles. The van der Waals surface area contributed by atoms with Gasteiger partial charge < -0.3 is 14.4 Å². The van der Waals surface area contributed by atoms with Gasteiger partial charge >= 0.3 is 12.2 Å². The predicted molar refractivity (Wildman–Crippen MR) is 145 cm³/mol. The second-order valence-corrected chi connectivity index (χ2v) is 12.2. The highest BCUT2D eigenvalue weighted by Crippen LogP contribution is 2.50. The highest BCUT2D eigenvalue weighted by molar-refractivity contribution is 6.32. The Morgan fingerprint density at radius 1 is 1.02 bits per heavy atom.